The molecule has 0 aromatic carbocycles. The van der Waals surface area contributed by atoms with Gasteiger partial charge in [0.15, 0.2) is 0 Å². The molecule has 0 aromatic rings. The molecule has 0 N–H and O–H groups in total. The molecule has 1 nitrogen and oxygen atoms in total. The van der Waals surface area contributed by atoms with E-state index in [0.29, 0.717) is 0 Å². The summed E-state index contributed by atoms with van der Waals surface area (Å²) in [7, 11) is 2.28. The van der Waals surface area contributed by atoms with Gasteiger partial charge in [-0.3, -0.25) is 0 Å². The highest BCUT2D eigenvalue weighted by atomic mass is 31.0. The lowest BCUT2D eigenvalue weighted by atomic mass is 9.98. The first-order chi connectivity index (χ1) is 5.16. The Labute approximate surface area is 72.5 Å². The van der Waals surface area contributed by atoms with E-state index in [9.17, 15) is 0 Å². The Morgan fingerprint density at radius 1 is 1.64 bits per heavy atom. The fourth-order valence-electron chi connectivity index (χ4n) is 1.21. The van der Waals surface area contributed by atoms with Crippen molar-refractivity contribution in [3.05, 3.63) is 12.2 Å². The molecule has 0 bridgehead atoms. The van der Waals surface area contributed by atoms with Crippen LogP contribution in [0.2, 0.25) is 0 Å². The van der Waals surface area contributed by atoms with Crippen molar-refractivity contribution in [1.82, 2.24) is 0 Å². The van der Waals surface area contributed by atoms with E-state index in [-0.39, 0.29) is 0 Å². The van der Waals surface area contributed by atoms with E-state index in [1.807, 2.05) is 0 Å². The molecular formula is C9H19OP. The molecule has 0 fully saturated rings. The average molecular weight is 174 g/mol. The van der Waals surface area contributed by atoms with Gasteiger partial charge in [0.25, 0.3) is 0 Å². The Bertz CT molecular complexity index is 112. The van der Waals surface area contributed by atoms with Crippen LogP contribution in [0.3, 0.4) is 0 Å². The molecule has 0 spiro atoms. The minimum absolute atomic E-state index is 0.757. The summed E-state index contributed by atoms with van der Waals surface area (Å²) in [5, 5.41) is 0. The highest BCUT2D eigenvalue weighted by Crippen LogP contribution is 2.14. The van der Waals surface area contributed by atoms with Crippen molar-refractivity contribution in [3.63, 3.8) is 0 Å². The van der Waals surface area contributed by atoms with Crippen LogP contribution in [-0.2, 0) is 4.52 Å². The van der Waals surface area contributed by atoms with E-state index >= 15 is 0 Å². The fourth-order valence-corrected chi connectivity index (χ4v) is 1.38. The van der Waals surface area contributed by atoms with Gasteiger partial charge in [-0.15, -0.1) is 6.58 Å². The first kappa shape index (κ1) is 11.1. The topological polar surface area (TPSA) is 9.23 Å². The molecule has 11 heavy (non-hydrogen) atoms. The molecule has 66 valence electrons. The van der Waals surface area contributed by atoms with Gasteiger partial charge in [0.1, 0.15) is 0 Å². The summed E-state index contributed by atoms with van der Waals surface area (Å²) in [5.74, 6) is 0.757. The zero-order valence-electron chi connectivity index (χ0n) is 7.60. The van der Waals surface area contributed by atoms with Gasteiger partial charge < -0.3 is 4.52 Å². The van der Waals surface area contributed by atoms with E-state index in [1.165, 1.54) is 12.0 Å². The maximum absolute atomic E-state index is 4.89. The van der Waals surface area contributed by atoms with Crippen LogP contribution in [0, 0.1) is 5.92 Å². The number of allylic oxidation sites excluding steroid dienone is 1. The minimum atomic E-state index is 0.757. The highest BCUT2D eigenvalue weighted by Gasteiger charge is 2.00. The molecule has 0 amide bonds. The van der Waals surface area contributed by atoms with Crippen LogP contribution in [0.15, 0.2) is 12.2 Å². The first-order valence-corrected chi connectivity index (χ1v) is 4.60. The van der Waals surface area contributed by atoms with E-state index in [1.54, 1.807) is 0 Å². The van der Waals surface area contributed by atoms with Gasteiger partial charge in [0.2, 0.25) is 0 Å². The van der Waals surface area contributed by atoms with Gasteiger partial charge in [-0.25, -0.2) is 0 Å². The summed E-state index contributed by atoms with van der Waals surface area (Å²) in [5.41, 5.74) is 1.28. The van der Waals surface area contributed by atoms with Gasteiger partial charge in [-0.2, -0.15) is 0 Å². The van der Waals surface area contributed by atoms with Gasteiger partial charge in [-0.05, 0) is 32.1 Å². The Morgan fingerprint density at radius 3 is 2.73 bits per heavy atom. The average Bonchev–Trinajstić information content (AvgIpc) is 1.86. The maximum Gasteiger partial charge on any atom is 0.0502 e. The van der Waals surface area contributed by atoms with Crippen molar-refractivity contribution in [3.8, 4) is 0 Å². The van der Waals surface area contributed by atoms with Gasteiger partial charge >= 0.3 is 0 Å². The normalized spacial score (nSPS) is 13.0. The molecule has 0 saturated carbocycles. The smallest absolute Gasteiger partial charge is 0.0502 e. The maximum atomic E-state index is 4.89. The summed E-state index contributed by atoms with van der Waals surface area (Å²) >= 11 is 0. The number of rotatable bonds is 6. The zero-order valence-corrected chi connectivity index (χ0v) is 8.75. The van der Waals surface area contributed by atoms with Crippen molar-refractivity contribution in [2.45, 2.75) is 33.1 Å². The number of hydrogen-bond acceptors (Lipinski definition) is 1. The van der Waals surface area contributed by atoms with E-state index < -0.39 is 0 Å². The van der Waals surface area contributed by atoms with Crippen LogP contribution >= 0.6 is 9.47 Å². The molecule has 0 aromatic heterocycles. The monoisotopic (exact) mass is 174 g/mol. The minimum Gasteiger partial charge on any atom is -0.366 e. The predicted molar refractivity (Wildman–Crippen MR) is 53.5 cm³/mol. The van der Waals surface area contributed by atoms with Gasteiger partial charge in [0, 0.05) is 9.47 Å². The summed E-state index contributed by atoms with van der Waals surface area (Å²) in [6.07, 6.45) is 3.54. The predicted octanol–water partition coefficient (Wildman–Crippen LogP) is 3.18. The second-order valence-electron chi connectivity index (χ2n) is 3.28. The molecule has 0 rings (SSSR count). The fraction of sp³-hybridized carbons (Fsp3) is 0.778. The lowest BCUT2D eigenvalue weighted by molar-refractivity contribution is 0.338. The van der Waals surface area contributed by atoms with Gasteiger partial charge in [0.05, 0.1) is 6.61 Å². The van der Waals surface area contributed by atoms with Crippen LogP contribution in [0.1, 0.15) is 33.1 Å². The van der Waals surface area contributed by atoms with Crippen LogP contribution in [0.4, 0.5) is 0 Å². The van der Waals surface area contributed by atoms with Crippen LogP contribution in [0.25, 0.3) is 0 Å². The Kier molecular flexibility index (Phi) is 6.90. The summed E-state index contributed by atoms with van der Waals surface area (Å²) in [6.45, 7) is 9.09. The Balaban J connectivity index is 3.22. The molecular weight excluding hydrogens is 155 g/mol. The van der Waals surface area contributed by atoms with E-state index in [2.05, 4.69) is 29.9 Å². The second kappa shape index (κ2) is 6.82. The van der Waals surface area contributed by atoms with Crippen LogP contribution in [0.5, 0.6) is 0 Å². The van der Waals surface area contributed by atoms with Gasteiger partial charge in [-0.1, -0.05) is 12.5 Å². The third-order valence-corrected chi connectivity index (χ3v) is 1.89. The lowest BCUT2D eigenvalue weighted by Gasteiger charge is -2.09. The Morgan fingerprint density at radius 2 is 2.27 bits per heavy atom. The van der Waals surface area contributed by atoms with Crippen molar-refractivity contribution in [2.24, 2.45) is 5.92 Å². The highest BCUT2D eigenvalue weighted by molar-refractivity contribution is 7.09. The SMILES string of the molecule is C=C(C)C[C@H](C)CCCOP. The van der Waals surface area contributed by atoms with E-state index in [0.717, 1.165) is 25.4 Å². The third kappa shape index (κ3) is 8.03. The second-order valence-corrected chi connectivity index (χ2v) is 3.61. The van der Waals surface area contributed by atoms with Crippen LogP contribution in [-0.4, -0.2) is 6.61 Å². The summed E-state index contributed by atoms with van der Waals surface area (Å²) in [6, 6.07) is 0. The van der Waals surface area contributed by atoms with Crippen LogP contribution < -0.4 is 0 Å². The van der Waals surface area contributed by atoms with Crippen molar-refractivity contribution in [1.29, 1.82) is 0 Å². The summed E-state index contributed by atoms with van der Waals surface area (Å²) in [4.78, 5) is 0. The molecule has 0 heterocycles. The quantitative estimate of drug-likeness (QED) is 0.341. The first-order valence-electron chi connectivity index (χ1n) is 4.13. The molecule has 0 aliphatic heterocycles. The molecule has 2 atom stereocenters. The van der Waals surface area contributed by atoms with Crippen molar-refractivity contribution in [2.75, 3.05) is 6.61 Å². The molecule has 0 aliphatic rings. The zero-order chi connectivity index (χ0) is 8.69. The molecule has 2 heteroatoms. The number of hydrogen-bond donors (Lipinski definition) is 0. The van der Waals surface area contributed by atoms with Crippen molar-refractivity contribution < 1.29 is 4.52 Å². The standard InChI is InChI=1S/C9H19OP/c1-8(2)7-9(3)5-4-6-10-11/h9H,1,4-7,11H2,2-3H3/t9-/m1/s1. The van der Waals surface area contributed by atoms with Crippen molar-refractivity contribution >= 4 is 9.47 Å². The molecule has 0 saturated heterocycles. The largest absolute Gasteiger partial charge is 0.366 e. The lowest BCUT2D eigenvalue weighted by Crippen LogP contribution is -1.96. The Hall–Kier alpha value is 0.130. The molecule has 1 unspecified atom stereocenters. The third-order valence-electron chi connectivity index (χ3n) is 1.66. The molecule has 0 aliphatic carbocycles. The molecule has 0 radical (unpaired) electrons. The summed E-state index contributed by atoms with van der Waals surface area (Å²) < 4.78 is 4.89. The van der Waals surface area contributed by atoms with E-state index in [4.69, 9.17) is 4.52 Å².